The van der Waals surface area contributed by atoms with Gasteiger partial charge in [-0.1, -0.05) is 11.6 Å². The zero-order chi connectivity index (χ0) is 22.1. The van der Waals surface area contributed by atoms with Crippen molar-refractivity contribution in [1.82, 2.24) is 20.1 Å². The lowest BCUT2D eigenvalue weighted by molar-refractivity contribution is -0.126. The van der Waals surface area contributed by atoms with E-state index in [4.69, 9.17) is 16.7 Å². The summed E-state index contributed by atoms with van der Waals surface area (Å²) in [6, 6.07) is 13.2. The van der Waals surface area contributed by atoms with Crippen LogP contribution in [0.5, 0.6) is 0 Å². The predicted octanol–water partition coefficient (Wildman–Crippen LogP) is 3.65. The molecule has 2 amide bonds. The Morgan fingerprint density at radius 1 is 1.12 bits per heavy atom. The molecule has 1 aliphatic carbocycles. The molecule has 0 spiro atoms. The van der Waals surface area contributed by atoms with Gasteiger partial charge in [0, 0.05) is 59.8 Å². The maximum Gasteiger partial charge on any atom is 0.227 e. The van der Waals surface area contributed by atoms with Crippen LogP contribution in [0.3, 0.4) is 0 Å². The van der Waals surface area contributed by atoms with Gasteiger partial charge in [-0.25, -0.2) is 0 Å². The zero-order valence-electron chi connectivity index (χ0n) is 17.6. The van der Waals surface area contributed by atoms with E-state index in [9.17, 15) is 9.59 Å². The summed E-state index contributed by atoms with van der Waals surface area (Å²) in [7, 11) is 0. The molecule has 5 rings (SSSR count). The van der Waals surface area contributed by atoms with E-state index in [-0.39, 0.29) is 24.2 Å². The van der Waals surface area contributed by atoms with Crippen LogP contribution in [0.4, 0.5) is 5.69 Å². The molecule has 1 atom stereocenters. The molecule has 1 saturated carbocycles. The number of benzene rings is 1. The largest absolute Gasteiger partial charge is 0.354 e. The minimum atomic E-state index is -0.355. The molecular weight excluding hydrogens is 426 g/mol. The second-order valence-corrected chi connectivity index (χ2v) is 8.80. The molecule has 1 saturated heterocycles. The number of hydrogen-bond donors (Lipinski definition) is 1. The fourth-order valence-corrected chi connectivity index (χ4v) is 4.29. The number of aromatic nitrogens is 3. The molecule has 3 aromatic rings. The van der Waals surface area contributed by atoms with Crippen molar-refractivity contribution in [2.45, 2.75) is 31.7 Å². The Bertz CT molecular complexity index is 1130. The summed E-state index contributed by atoms with van der Waals surface area (Å²) >= 11 is 5.93. The van der Waals surface area contributed by atoms with E-state index in [0.29, 0.717) is 30.6 Å². The summed E-state index contributed by atoms with van der Waals surface area (Å²) < 4.78 is 2.01. The lowest BCUT2D eigenvalue weighted by Crippen LogP contribution is -2.35. The van der Waals surface area contributed by atoms with Crippen molar-refractivity contribution in [3.05, 3.63) is 65.6 Å². The van der Waals surface area contributed by atoms with E-state index in [2.05, 4.69) is 16.4 Å². The van der Waals surface area contributed by atoms with Crippen LogP contribution in [0.1, 0.15) is 30.9 Å². The lowest BCUT2D eigenvalue weighted by atomic mass is 10.1. The summed E-state index contributed by atoms with van der Waals surface area (Å²) in [5, 5.41) is 8.39. The second-order valence-electron chi connectivity index (χ2n) is 8.36. The third kappa shape index (κ3) is 4.39. The number of halogens is 1. The van der Waals surface area contributed by atoms with Crippen molar-refractivity contribution >= 4 is 29.1 Å². The number of nitrogens with zero attached hydrogens (tertiary/aromatic N) is 4. The summed E-state index contributed by atoms with van der Waals surface area (Å²) in [5.41, 5.74) is 3.96. The molecule has 1 N–H and O–H groups in total. The molecule has 1 aliphatic heterocycles. The Balaban J connectivity index is 1.20. The topological polar surface area (TPSA) is 80.1 Å². The molecule has 164 valence electrons. The molecule has 1 aromatic carbocycles. The van der Waals surface area contributed by atoms with Gasteiger partial charge >= 0.3 is 0 Å². The van der Waals surface area contributed by atoms with Gasteiger partial charge in [0.25, 0.3) is 0 Å². The highest BCUT2D eigenvalue weighted by atomic mass is 35.5. The summed E-state index contributed by atoms with van der Waals surface area (Å²) in [6.07, 6.45) is 6.11. The van der Waals surface area contributed by atoms with Crippen molar-refractivity contribution in [2.24, 2.45) is 5.92 Å². The van der Waals surface area contributed by atoms with Crippen LogP contribution in [0.15, 0.2) is 54.9 Å². The number of pyridine rings is 1. The fraction of sp³-hybridized carbons (Fsp3) is 0.333. The average molecular weight is 450 g/mol. The van der Waals surface area contributed by atoms with Gasteiger partial charge in [-0.3, -0.25) is 19.3 Å². The van der Waals surface area contributed by atoms with Gasteiger partial charge in [-0.15, -0.1) is 0 Å². The van der Waals surface area contributed by atoms with Crippen LogP contribution in [0, 0.1) is 5.92 Å². The molecule has 8 heteroatoms. The van der Waals surface area contributed by atoms with E-state index < -0.39 is 0 Å². The summed E-state index contributed by atoms with van der Waals surface area (Å²) in [5.74, 6) is 0.0575. The number of carbonyl (C=O) groups is 2. The van der Waals surface area contributed by atoms with Gasteiger partial charge in [-0.2, -0.15) is 5.10 Å². The van der Waals surface area contributed by atoms with Crippen molar-refractivity contribution in [2.75, 3.05) is 18.0 Å². The highest BCUT2D eigenvalue weighted by Crippen LogP contribution is 2.41. The first kappa shape index (κ1) is 20.7. The van der Waals surface area contributed by atoms with Crippen LogP contribution in [0.25, 0.3) is 11.3 Å². The van der Waals surface area contributed by atoms with Gasteiger partial charge in [0.1, 0.15) is 0 Å². The molecule has 2 aromatic heterocycles. The minimum absolute atomic E-state index is 0.0439. The first-order valence-corrected chi connectivity index (χ1v) is 11.3. The predicted molar refractivity (Wildman–Crippen MR) is 122 cm³/mol. The van der Waals surface area contributed by atoms with Crippen molar-refractivity contribution in [3.63, 3.8) is 0 Å². The fourth-order valence-electron chi connectivity index (χ4n) is 4.16. The Kier molecular flexibility index (Phi) is 5.66. The molecule has 0 radical (unpaired) electrons. The van der Waals surface area contributed by atoms with E-state index in [1.807, 2.05) is 16.8 Å². The number of nitrogens with one attached hydrogen (secondary N) is 1. The maximum atomic E-state index is 12.7. The molecule has 2 aliphatic rings. The van der Waals surface area contributed by atoms with E-state index in [0.717, 1.165) is 16.9 Å². The van der Waals surface area contributed by atoms with Crippen LogP contribution < -0.4 is 10.2 Å². The first-order chi connectivity index (χ1) is 15.6. The second kappa shape index (κ2) is 8.74. The van der Waals surface area contributed by atoms with Crippen molar-refractivity contribution in [3.8, 4) is 11.3 Å². The summed E-state index contributed by atoms with van der Waals surface area (Å²) in [6.45, 7) is 1.46. The monoisotopic (exact) mass is 449 g/mol. The van der Waals surface area contributed by atoms with Gasteiger partial charge in [0.15, 0.2) is 0 Å². The SMILES string of the molecule is O=C(NCCn1nc(-c2ccncc2)cc1C1CC1)C1CC(=O)N(c2ccc(Cl)cc2)C1. The van der Waals surface area contributed by atoms with E-state index in [1.54, 1.807) is 41.6 Å². The molecule has 0 bridgehead atoms. The molecule has 32 heavy (non-hydrogen) atoms. The van der Waals surface area contributed by atoms with Gasteiger partial charge in [0.05, 0.1) is 18.2 Å². The van der Waals surface area contributed by atoms with Crippen LogP contribution in [0.2, 0.25) is 5.02 Å². The Labute approximate surface area is 191 Å². The van der Waals surface area contributed by atoms with Crippen LogP contribution >= 0.6 is 11.6 Å². The van der Waals surface area contributed by atoms with Crippen LogP contribution in [-0.4, -0.2) is 39.7 Å². The third-order valence-corrected chi connectivity index (χ3v) is 6.29. The molecule has 1 unspecified atom stereocenters. The molecule has 3 heterocycles. The number of amides is 2. The van der Waals surface area contributed by atoms with Crippen molar-refractivity contribution < 1.29 is 9.59 Å². The standard InChI is InChI=1S/C24H24ClN5O2/c25-19-3-5-20(6-4-19)29-15-18(13-23(29)31)24(32)27-11-12-30-22(17-1-2-17)14-21(28-30)16-7-9-26-10-8-16/h3-10,14,17-18H,1-2,11-13,15H2,(H,27,32). The minimum Gasteiger partial charge on any atom is -0.354 e. The number of carbonyl (C=O) groups excluding carboxylic acids is 2. The molecular formula is C24H24ClN5O2. The lowest BCUT2D eigenvalue weighted by Gasteiger charge is -2.17. The molecule has 2 fully saturated rings. The third-order valence-electron chi connectivity index (χ3n) is 6.04. The summed E-state index contributed by atoms with van der Waals surface area (Å²) in [4.78, 5) is 30.9. The normalized spacial score (nSPS) is 18.2. The first-order valence-electron chi connectivity index (χ1n) is 10.9. The zero-order valence-corrected chi connectivity index (χ0v) is 18.3. The highest BCUT2D eigenvalue weighted by molar-refractivity contribution is 6.30. The maximum absolute atomic E-state index is 12.7. The smallest absolute Gasteiger partial charge is 0.227 e. The van der Waals surface area contributed by atoms with Gasteiger partial charge in [0.2, 0.25) is 11.8 Å². The highest BCUT2D eigenvalue weighted by Gasteiger charge is 2.35. The van der Waals surface area contributed by atoms with Crippen LogP contribution in [-0.2, 0) is 16.1 Å². The number of anilines is 1. The number of hydrogen-bond acceptors (Lipinski definition) is 4. The molecule has 7 nitrogen and oxygen atoms in total. The van der Waals surface area contributed by atoms with Crippen molar-refractivity contribution in [1.29, 1.82) is 0 Å². The van der Waals surface area contributed by atoms with E-state index >= 15 is 0 Å². The number of rotatable bonds is 7. The average Bonchev–Trinajstić information content (AvgIpc) is 3.45. The Morgan fingerprint density at radius 2 is 1.88 bits per heavy atom. The Morgan fingerprint density at radius 3 is 2.59 bits per heavy atom. The van der Waals surface area contributed by atoms with Gasteiger partial charge in [-0.05, 0) is 55.3 Å². The quantitative estimate of drug-likeness (QED) is 0.597. The van der Waals surface area contributed by atoms with Gasteiger partial charge < -0.3 is 10.2 Å². The Hall–Kier alpha value is -3.19. The van der Waals surface area contributed by atoms with E-state index in [1.165, 1.54) is 18.5 Å².